The second-order valence-electron chi connectivity index (χ2n) is 7.52. The van der Waals surface area contributed by atoms with Crippen LogP contribution in [-0.4, -0.2) is 21.9 Å². The lowest BCUT2D eigenvalue weighted by Gasteiger charge is -2.21. The fraction of sp³-hybridized carbons (Fsp3) is 0.238. The molecule has 5 nitrogen and oxygen atoms in total. The Hall–Kier alpha value is -2.81. The van der Waals surface area contributed by atoms with Gasteiger partial charge in [-0.3, -0.25) is 0 Å². The van der Waals surface area contributed by atoms with Gasteiger partial charge in [0.2, 0.25) is 5.95 Å². The van der Waals surface area contributed by atoms with E-state index < -0.39 is 6.36 Å². The second-order valence-corrected chi connectivity index (χ2v) is 8.37. The number of hydrogen-bond donors (Lipinski definition) is 2. The molecule has 9 heteroatoms. The quantitative estimate of drug-likeness (QED) is 0.422. The summed E-state index contributed by atoms with van der Waals surface area (Å²) in [5.41, 5.74) is 1.38. The molecule has 0 unspecified atom stereocenters. The molecule has 2 aromatic carbocycles. The van der Waals surface area contributed by atoms with Gasteiger partial charge in [-0.05, 0) is 61.0 Å². The summed E-state index contributed by atoms with van der Waals surface area (Å²) < 4.78 is 42.7. The molecule has 0 aliphatic carbocycles. The number of nitrogens with zero attached hydrogens (tertiary/aromatic N) is 2. The Kier molecular flexibility index (Phi) is 6.21. The molecule has 1 heterocycles. The number of alkyl halides is 3. The van der Waals surface area contributed by atoms with Gasteiger partial charge in [0.15, 0.2) is 0 Å². The van der Waals surface area contributed by atoms with Crippen molar-refractivity contribution in [3.05, 3.63) is 59.1 Å². The fourth-order valence-electron chi connectivity index (χ4n) is 2.60. The van der Waals surface area contributed by atoms with Crippen LogP contribution >= 0.6 is 15.9 Å². The third kappa shape index (κ3) is 6.35. The zero-order valence-corrected chi connectivity index (χ0v) is 18.1. The maximum atomic E-state index is 12.6. The van der Waals surface area contributed by atoms with E-state index in [9.17, 15) is 13.2 Å². The lowest BCUT2D eigenvalue weighted by molar-refractivity contribution is -0.274. The van der Waals surface area contributed by atoms with Gasteiger partial charge in [0.25, 0.3) is 0 Å². The number of anilines is 3. The monoisotopic (exact) mass is 480 g/mol. The topological polar surface area (TPSA) is 59.1 Å². The Morgan fingerprint density at radius 1 is 0.933 bits per heavy atom. The summed E-state index contributed by atoms with van der Waals surface area (Å²) in [6.07, 6.45) is -4.77. The lowest BCUT2D eigenvalue weighted by Crippen LogP contribution is -2.27. The molecule has 1 aromatic heterocycles. The molecule has 158 valence electrons. The fourth-order valence-corrected chi connectivity index (χ4v) is 2.99. The molecule has 0 amide bonds. The van der Waals surface area contributed by atoms with E-state index in [1.54, 1.807) is 12.1 Å². The second kappa shape index (κ2) is 8.51. The van der Waals surface area contributed by atoms with Gasteiger partial charge in [-0.25, -0.2) is 4.98 Å². The van der Waals surface area contributed by atoms with E-state index in [1.165, 1.54) is 18.2 Å². The standard InChI is InChI=1S/C21H20BrF3N4O/c1-20(2,3)29-19-27-17(13-7-6-8-14(11-13)30-21(23,24)25)12-18(28-19)26-16-10-5-4-9-15(16)22/h4-12H,1-3H3,(H2,26,27,28,29). The minimum atomic E-state index is -4.77. The van der Waals surface area contributed by atoms with Crippen LogP contribution in [0.2, 0.25) is 0 Å². The number of aromatic nitrogens is 2. The SMILES string of the molecule is CC(C)(C)Nc1nc(Nc2ccccc2Br)cc(-c2cccc(OC(F)(F)F)c2)n1. The lowest BCUT2D eigenvalue weighted by atomic mass is 10.1. The molecule has 0 radical (unpaired) electrons. The van der Waals surface area contributed by atoms with Crippen molar-refractivity contribution in [2.24, 2.45) is 0 Å². The van der Waals surface area contributed by atoms with Crippen LogP contribution in [0, 0.1) is 0 Å². The Balaban J connectivity index is 2.02. The Bertz CT molecular complexity index is 1040. The maximum Gasteiger partial charge on any atom is 0.573 e. The van der Waals surface area contributed by atoms with Crippen LogP contribution in [0.3, 0.4) is 0 Å². The highest BCUT2D eigenvalue weighted by Gasteiger charge is 2.31. The Morgan fingerprint density at radius 2 is 1.67 bits per heavy atom. The summed E-state index contributed by atoms with van der Waals surface area (Å²) in [6, 6.07) is 14.9. The first-order chi connectivity index (χ1) is 14.0. The number of halogens is 4. The van der Waals surface area contributed by atoms with Crippen molar-refractivity contribution < 1.29 is 17.9 Å². The number of nitrogens with one attached hydrogen (secondary N) is 2. The average Bonchev–Trinajstić information content (AvgIpc) is 2.61. The molecular weight excluding hydrogens is 461 g/mol. The number of para-hydroxylation sites is 1. The van der Waals surface area contributed by atoms with E-state index >= 15 is 0 Å². The van der Waals surface area contributed by atoms with Gasteiger partial charge in [-0.15, -0.1) is 13.2 Å². The van der Waals surface area contributed by atoms with Gasteiger partial charge in [0.05, 0.1) is 11.4 Å². The molecule has 30 heavy (non-hydrogen) atoms. The predicted octanol–water partition coefficient (Wildman–Crippen LogP) is 6.76. The first kappa shape index (κ1) is 21.9. The summed E-state index contributed by atoms with van der Waals surface area (Å²) in [7, 11) is 0. The van der Waals surface area contributed by atoms with Crippen LogP contribution in [0.25, 0.3) is 11.3 Å². The molecule has 0 aliphatic heterocycles. The minimum Gasteiger partial charge on any atom is -0.406 e. The van der Waals surface area contributed by atoms with E-state index in [0.29, 0.717) is 23.0 Å². The number of hydrogen-bond acceptors (Lipinski definition) is 5. The zero-order chi connectivity index (χ0) is 21.9. The normalized spacial score (nSPS) is 11.8. The minimum absolute atomic E-state index is 0.315. The number of rotatable bonds is 5. The van der Waals surface area contributed by atoms with Gasteiger partial charge in [-0.2, -0.15) is 4.98 Å². The molecule has 0 saturated heterocycles. The largest absolute Gasteiger partial charge is 0.573 e. The summed E-state index contributed by atoms with van der Waals surface area (Å²) in [6.45, 7) is 5.88. The third-order valence-corrected chi connectivity index (χ3v) is 4.40. The van der Waals surface area contributed by atoms with Crippen LogP contribution in [0.5, 0.6) is 5.75 Å². The summed E-state index contributed by atoms with van der Waals surface area (Å²) in [4.78, 5) is 8.98. The molecule has 3 aromatic rings. The van der Waals surface area contributed by atoms with Gasteiger partial charge in [-0.1, -0.05) is 24.3 Å². The van der Waals surface area contributed by atoms with E-state index in [2.05, 4.69) is 41.3 Å². The first-order valence-electron chi connectivity index (χ1n) is 9.03. The smallest absolute Gasteiger partial charge is 0.406 e. The molecule has 0 spiro atoms. The van der Waals surface area contributed by atoms with Crippen molar-refractivity contribution >= 4 is 33.4 Å². The van der Waals surface area contributed by atoms with Crippen LogP contribution in [0.15, 0.2) is 59.1 Å². The maximum absolute atomic E-state index is 12.6. The van der Waals surface area contributed by atoms with Crippen molar-refractivity contribution in [1.29, 1.82) is 0 Å². The molecule has 0 saturated carbocycles. The van der Waals surface area contributed by atoms with Gasteiger partial charge >= 0.3 is 6.36 Å². The summed E-state index contributed by atoms with van der Waals surface area (Å²) in [5, 5.41) is 6.41. The first-order valence-corrected chi connectivity index (χ1v) is 9.83. The van der Waals surface area contributed by atoms with E-state index in [-0.39, 0.29) is 11.3 Å². The summed E-state index contributed by atoms with van der Waals surface area (Å²) in [5.74, 6) is 0.516. The third-order valence-electron chi connectivity index (χ3n) is 3.71. The summed E-state index contributed by atoms with van der Waals surface area (Å²) >= 11 is 3.48. The Labute approximate surface area is 180 Å². The van der Waals surface area contributed by atoms with Gasteiger partial charge < -0.3 is 15.4 Å². The van der Waals surface area contributed by atoms with Crippen LogP contribution in [0.4, 0.5) is 30.6 Å². The molecule has 0 bridgehead atoms. The van der Waals surface area contributed by atoms with E-state index in [0.717, 1.165) is 10.2 Å². The predicted molar refractivity (Wildman–Crippen MR) is 115 cm³/mol. The number of ether oxygens (including phenoxy) is 1. The van der Waals surface area contributed by atoms with Gasteiger partial charge in [0, 0.05) is 21.6 Å². The average molecular weight is 481 g/mol. The molecule has 0 fully saturated rings. The molecule has 0 aliphatic rings. The highest BCUT2D eigenvalue weighted by atomic mass is 79.9. The highest BCUT2D eigenvalue weighted by molar-refractivity contribution is 9.10. The zero-order valence-electron chi connectivity index (χ0n) is 16.5. The molecule has 3 rings (SSSR count). The molecule has 2 N–H and O–H groups in total. The van der Waals surface area contributed by atoms with Crippen molar-refractivity contribution in [1.82, 2.24) is 9.97 Å². The Morgan fingerprint density at radius 3 is 2.33 bits per heavy atom. The van der Waals surface area contributed by atoms with Crippen LogP contribution < -0.4 is 15.4 Å². The van der Waals surface area contributed by atoms with Crippen molar-refractivity contribution in [3.8, 4) is 17.0 Å². The van der Waals surface area contributed by atoms with E-state index in [4.69, 9.17) is 0 Å². The molecule has 0 atom stereocenters. The number of benzene rings is 2. The van der Waals surface area contributed by atoms with Crippen LogP contribution in [-0.2, 0) is 0 Å². The van der Waals surface area contributed by atoms with Crippen molar-refractivity contribution in [2.75, 3.05) is 10.6 Å². The van der Waals surface area contributed by atoms with Crippen molar-refractivity contribution in [2.45, 2.75) is 32.7 Å². The molecular formula is C21H20BrF3N4O. The van der Waals surface area contributed by atoms with Gasteiger partial charge in [0.1, 0.15) is 11.6 Å². The van der Waals surface area contributed by atoms with Crippen molar-refractivity contribution in [3.63, 3.8) is 0 Å². The van der Waals surface area contributed by atoms with Crippen LogP contribution in [0.1, 0.15) is 20.8 Å². The van der Waals surface area contributed by atoms with E-state index in [1.807, 2.05) is 45.0 Å². The highest BCUT2D eigenvalue weighted by Crippen LogP contribution is 2.31.